The minimum atomic E-state index is -0.792. The van der Waals surface area contributed by atoms with Crippen molar-refractivity contribution in [2.24, 2.45) is 5.92 Å². The molecule has 1 saturated heterocycles. The highest BCUT2D eigenvalue weighted by Gasteiger charge is 2.57. The van der Waals surface area contributed by atoms with Gasteiger partial charge in [0.2, 0.25) is 11.8 Å². The van der Waals surface area contributed by atoms with Gasteiger partial charge >= 0.3 is 10.8 Å². The molecule has 12 heteroatoms. The van der Waals surface area contributed by atoms with Gasteiger partial charge in [-0.1, -0.05) is 45.1 Å². The Bertz CT molecular complexity index is 1480. The van der Waals surface area contributed by atoms with Crippen LogP contribution in [-0.4, -0.2) is 48.4 Å². The van der Waals surface area contributed by atoms with Crippen molar-refractivity contribution in [2.75, 3.05) is 25.7 Å². The molecule has 0 spiro atoms. The molecule has 2 amide bonds. The summed E-state index contributed by atoms with van der Waals surface area (Å²) in [6.07, 6.45) is 0. The van der Waals surface area contributed by atoms with Gasteiger partial charge in [0, 0.05) is 15.3 Å². The molecule has 0 bridgehead atoms. The van der Waals surface area contributed by atoms with Crippen LogP contribution in [0.4, 0.5) is 5.69 Å². The van der Waals surface area contributed by atoms with E-state index in [-0.39, 0.29) is 29.8 Å². The monoisotopic (exact) mass is 618 g/mol. The minimum absolute atomic E-state index is 0.182. The van der Waals surface area contributed by atoms with Gasteiger partial charge in [-0.05, 0) is 48.9 Å². The quantitative estimate of drug-likeness (QED) is 0.289. The first-order valence-corrected chi connectivity index (χ1v) is 14.2. The third-order valence-electron chi connectivity index (χ3n) is 6.49. The maximum atomic E-state index is 13.9. The Morgan fingerprint density at radius 2 is 1.71 bits per heavy atom. The van der Waals surface area contributed by atoms with Crippen molar-refractivity contribution in [1.82, 2.24) is 4.57 Å². The number of amides is 2. The van der Waals surface area contributed by atoms with Crippen molar-refractivity contribution in [3.63, 3.8) is 0 Å². The summed E-state index contributed by atoms with van der Waals surface area (Å²) in [6.45, 7) is 1.59. The van der Waals surface area contributed by atoms with E-state index in [1.807, 2.05) is 6.07 Å². The summed E-state index contributed by atoms with van der Waals surface area (Å²) >= 11 is 5.51. The number of carbonyl (C=O) groups excluding carboxylic acids is 3. The predicted molar refractivity (Wildman–Crippen MR) is 146 cm³/mol. The number of thiazole rings is 1. The van der Waals surface area contributed by atoms with Crippen LogP contribution in [0.25, 0.3) is 0 Å². The average molecular weight is 620 g/mol. The fourth-order valence-corrected chi connectivity index (χ4v) is 7.88. The number of hydrogen-bond donors (Lipinski definition) is 0. The first-order chi connectivity index (χ1) is 18.3. The summed E-state index contributed by atoms with van der Waals surface area (Å²) in [7, 11) is 3.04. The zero-order chi connectivity index (χ0) is 27.1. The van der Waals surface area contributed by atoms with Crippen LogP contribution in [-0.2, 0) is 25.7 Å². The number of esters is 1. The number of aromatic nitrogens is 1. The summed E-state index contributed by atoms with van der Waals surface area (Å²) in [5, 5.41) is -0.299. The van der Waals surface area contributed by atoms with Crippen LogP contribution in [0.3, 0.4) is 0 Å². The van der Waals surface area contributed by atoms with E-state index >= 15 is 0 Å². The van der Waals surface area contributed by atoms with E-state index in [1.165, 1.54) is 23.7 Å². The van der Waals surface area contributed by atoms with Crippen molar-refractivity contribution in [1.29, 1.82) is 0 Å². The van der Waals surface area contributed by atoms with E-state index in [2.05, 4.69) is 15.9 Å². The Morgan fingerprint density at radius 3 is 2.37 bits per heavy atom. The van der Waals surface area contributed by atoms with Gasteiger partial charge < -0.3 is 14.2 Å². The van der Waals surface area contributed by atoms with Crippen molar-refractivity contribution in [2.45, 2.75) is 29.7 Å². The summed E-state index contributed by atoms with van der Waals surface area (Å²) < 4.78 is 18.1. The molecule has 1 aromatic heterocycles. The van der Waals surface area contributed by atoms with Crippen molar-refractivity contribution >= 4 is 62.5 Å². The molecular weight excluding hydrogens is 596 g/mol. The lowest BCUT2D eigenvalue weighted by molar-refractivity contribution is -0.144. The average Bonchev–Trinajstić information content (AvgIpc) is 3.35. The van der Waals surface area contributed by atoms with Gasteiger partial charge in [0.05, 0.1) is 37.5 Å². The van der Waals surface area contributed by atoms with E-state index in [0.29, 0.717) is 32.7 Å². The molecule has 1 fully saturated rings. The lowest BCUT2D eigenvalue weighted by Crippen LogP contribution is -2.32. The minimum Gasteiger partial charge on any atom is -0.493 e. The van der Waals surface area contributed by atoms with Gasteiger partial charge in [-0.25, -0.2) is 4.90 Å². The Morgan fingerprint density at radius 1 is 1.00 bits per heavy atom. The van der Waals surface area contributed by atoms with Gasteiger partial charge in [-0.3, -0.25) is 23.7 Å². The molecule has 198 valence electrons. The molecule has 5 rings (SSSR count). The topological polar surface area (TPSA) is 104 Å². The molecule has 0 aliphatic carbocycles. The number of thioether (sulfide) groups is 1. The van der Waals surface area contributed by atoms with Crippen LogP contribution in [0.2, 0.25) is 0 Å². The second-order valence-corrected chi connectivity index (χ2v) is 11.6. The van der Waals surface area contributed by atoms with Crippen LogP contribution in [0, 0.1) is 5.92 Å². The summed E-state index contributed by atoms with van der Waals surface area (Å²) in [5.41, 5.74) is 1.17. The molecule has 2 aliphatic heterocycles. The Hall–Kier alpha value is -3.09. The molecule has 0 saturated carbocycles. The largest absolute Gasteiger partial charge is 0.493 e. The molecule has 2 aromatic carbocycles. The number of hydrogen-bond acceptors (Lipinski definition) is 9. The van der Waals surface area contributed by atoms with E-state index in [4.69, 9.17) is 14.2 Å². The van der Waals surface area contributed by atoms with Gasteiger partial charge in [0.25, 0.3) is 0 Å². The lowest BCUT2D eigenvalue weighted by Gasteiger charge is -2.31. The molecule has 3 heterocycles. The number of methoxy groups -OCH3 is 2. The zero-order valence-corrected chi connectivity index (χ0v) is 23.9. The smallest absolute Gasteiger partial charge is 0.326 e. The number of fused-ring (bicyclic) bond motifs is 2. The van der Waals surface area contributed by atoms with E-state index < -0.39 is 23.1 Å². The van der Waals surface area contributed by atoms with Crippen molar-refractivity contribution in [3.05, 3.63) is 67.0 Å². The maximum absolute atomic E-state index is 13.9. The first-order valence-electron chi connectivity index (χ1n) is 11.7. The number of anilines is 1. The Kier molecular flexibility index (Phi) is 7.38. The fraction of sp³-hybridized carbons (Fsp3) is 0.308. The van der Waals surface area contributed by atoms with Crippen molar-refractivity contribution in [3.8, 4) is 11.5 Å². The number of imide groups is 1. The molecule has 3 aromatic rings. The lowest BCUT2D eigenvalue weighted by atomic mass is 9.83. The van der Waals surface area contributed by atoms with Crippen LogP contribution in [0.5, 0.6) is 11.5 Å². The molecule has 0 N–H and O–H groups in total. The zero-order valence-electron chi connectivity index (χ0n) is 20.6. The Balaban J connectivity index is 1.67. The third kappa shape index (κ3) is 4.44. The SMILES string of the molecule is CCOC(=O)Cn1c2c(sc1=O)[C@H](c1ccc(OC)c(OC)c1)C1C(=O)N(c3ccc(Br)cc3)C(=O)C1S2. The maximum Gasteiger partial charge on any atom is 0.326 e. The second kappa shape index (κ2) is 10.6. The van der Waals surface area contributed by atoms with E-state index in [1.54, 1.807) is 43.3 Å². The first kappa shape index (κ1) is 26.5. The highest BCUT2D eigenvalue weighted by molar-refractivity contribution is 9.10. The van der Waals surface area contributed by atoms with Crippen molar-refractivity contribution < 1.29 is 28.6 Å². The number of nitrogens with zero attached hydrogens (tertiary/aromatic N) is 2. The second-order valence-electron chi connectivity index (χ2n) is 8.57. The summed E-state index contributed by atoms with van der Waals surface area (Å²) in [6, 6.07) is 12.3. The number of ether oxygens (including phenoxy) is 3. The molecule has 38 heavy (non-hydrogen) atoms. The van der Waals surface area contributed by atoms with Crippen LogP contribution in [0.1, 0.15) is 23.3 Å². The van der Waals surface area contributed by atoms with Crippen LogP contribution >= 0.6 is 39.0 Å². The van der Waals surface area contributed by atoms with Gasteiger partial charge in [-0.2, -0.15) is 0 Å². The summed E-state index contributed by atoms with van der Waals surface area (Å²) in [5.74, 6) is -1.68. The fourth-order valence-electron chi connectivity index (χ4n) is 4.84. The molecule has 9 nitrogen and oxygen atoms in total. The molecule has 3 atom stereocenters. The van der Waals surface area contributed by atoms with Gasteiger partial charge in [0.1, 0.15) is 11.8 Å². The Labute approximate surface area is 234 Å². The standard InChI is InChI=1S/C26H23BrN2O7S2/c1-4-36-18(30)12-28-25-22(38-26(28)33)19(13-5-10-16(34-2)17(11-13)35-3)20-21(37-25)24(32)29(23(20)31)15-8-6-14(27)7-9-15/h5-11,19-21H,4,12H2,1-3H3/t19-,20?,21?/m1/s1. The molecular formula is C26H23BrN2O7S2. The number of halogens is 1. The van der Waals surface area contributed by atoms with Gasteiger partial charge in [-0.15, -0.1) is 0 Å². The highest BCUT2D eigenvalue weighted by Crippen LogP contribution is 2.54. The number of rotatable bonds is 7. The molecule has 2 aliphatic rings. The van der Waals surface area contributed by atoms with Crippen LogP contribution < -0.4 is 19.2 Å². The molecule has 2 unspecified atom stereocenters. The number of carbonyl (C=O) groups is 3. The van der Waals surface area contributed by atoms with E-state index in [0.717, 1.165) is 27.6 Å². The van der Waals surface area contributed by atoms with E-state index in [9.17, 15) is 19.2 Å². The van der Waals surface area contributed by atoms with Crippen LogP contribution in [0.15, 0.2) is 56.8 Å². The highest BCUT2D eigenvalue weighted by atomic mass is 79.9. The number of benzene rings is 2. The predicted octanol–water partition coefficient (Wildman–Crippen LogP) is 4.05. The summed E-state index contributed by atoms with van der Waals surface area (Å²) in [4.78, 5) is 54.5. The third-order valence-corrected chi connectivity index (χ3v) is 9.63. The normalized spacial score (nSPS) is 20.2. The molecule has 0 radical (unpaired) electrons. The van der Waals surface area contributed by atoms with Gasteiger partial charge in [0.15, 0.2) is 11.5 Å².